The summed E-state index contributed by atoms with van der Waals surface area (Å²) in [5.74, 6) is 0. The van der Waals surface area contributed by atoms with Crippen LogP contribution in [-0.2, 0) is 24.0 Å². The fourth-order valence-electron chi connectivity index (χ4n) is 3.77. The Bertz CT molecular complexity index is 688. The van der Waals surface area contributed by atoms with Crippen LogP contribution >= 0.6 is 0 Å². The largest absolute Gasteiger partial charge is 0.0776 e. The van der Waals surface area contributed by atoms with Crippen molar-refractivity contribution in [1.82, 2.24) is 0 Å². The van der Waals surface area contributed by atoms with Gasteiger partial charge in [-0.25, -0.2) is 0 Å². The Balaban J connectivity index is -0.000000476. The second kappa shape index (κ2) is 23.4. The summed E-state index contributed by atoms with van der Waals surface area (Å²) in [5, 5.41) is 0. The van der Waals surface area contributed by atoms with E-state index in [1.165, 1.54) is 48.8 Å². The molecule has 1 heteroatoms. The van der Waals surface area contributed by atoms with E-state index >= 15 is 0 Å². The quantitative estimate of drug-likeness (QED) is 0.338. The number of hydrogen-bond acceptors (Lipinski definition) is 0. The Morgan fingerprint density at radius 3 is 1.09 bits per heavy atom. The zero-order valence-electron chi connectivity index (χ0n) is 21.6. The third kappa shape index (κ3) is 12.9. The van der Waals surface area contributed by atoms with E-state index in [1.807, 2.05) is 45.9 Å². The standard InChI is InChI=1S/C17H18.C7H8.C3H8.2C2H6.CH4.V/c1-3-9-15(10-4-1)17(13-7-8-14-17)16-11-5-2-6-12-16;1-7-5-3-2-4-6-7;1-3-2;2*1-2;;/h1-6,9-12H,7-8,13-14H2;2-6H,1H3;3H2,1-2H3;2*1-2H3;1H4;. The summed E-state index contributed by atoms with van der Waals surface area (Å²) >= 11 is 0. The summed E-state index contributed by atoms with van der Waals surface area (Å²) in [6.07, 6.45) is 6.54. The van der Waals surface area contributed by atoms with Crippen molar-refractivity contribution in [2.75, 3.05) is 0 Å². The first kappa shape index (κ1) is 35.8. The van der Waals surface area contributed by atoms with Crippen LogP contribution in [0, 0.1) is 6.92 Å². The van der Waals surface area contributed by atoms with Crippen molar-refractivity contribution < 1.29 is 18.6 Å². The van der Waals surface area contributed by atoms with Gasteiger partial charge in [-0.3, -0.25) is 0 Å². The van der Waals surface area contributed by atoms with Crippen molar-refractivity contribution >= 4 is 0 Å². The number of rotatable bonds is 2. The van der Waals surface area contributed by atoms with Crippen LogP contribution in [0.5, 0.6) is 0 Å². The molecule has 33 heavy (non-hydrogen) atoms. The monoisotopic (exact) mass is 485 g/mol. The van der Waals surface area contributed by atoms with Gasteiger partial charge < -0.3 is 0 Å². The van der Waals surface area contributed by atoms with Crippen molar-refractivity contribution in [2.45, 2.75) is 93.4 Å². The van der Waals surface area contributed by atoms with Crippen molar-refractivity contribution in [3.05, 3.63) is 108 Å². The third-order valence-corrected chi connectivity index (χ3v) is 5.05. The predicted molar refractivity (Wildman–Crippen MR) is 149 cm³/mol. The molecule has 4 rings (SSSR count). The van der Waals surface area contributed by atoms with Crippen molar-refractivity contribution in [3.63, 3.8) is 0 Å². The molecule has 0 saturated heterocycles. The van der Waals surface area contributed by atoms with Crippen molar-refractivity contribution in [3.8, 4) is 0 Å². The van der Waals surface area contributed by atoms with Crippen molar-refractivity contribution in [1.29, 1.82) is 0 Å². The summed E-state index contributed by atoms with van der Waals surface area (Å²) in [6.45, 7) is 14.3. The smallest absolute Gasteiger partial charge is 0.0202 e. The summed E-state index contributed by atoms with van der Waals surface area (Å²) in [7, 11) is 0. The molecule has 1 fully saturated rings. The first-order valence-corrected chi connectivity index (χ1v) is 12.4. The maximum atomic E-state index is 2.29. The molecule has 1 aliphatic carbocycles. The average Bonchev–Trinajstić information content (AvgIpc) is 3.36. The van der Waals surface area contributed by atoms with E-state index in [2.05, 4.69) is 93.6 Å². The van der Waals surface area contributed by atoms with Gasteiger partial charge in [0.2, 0.25) is 0 Å². The van der Waals surface area contributed by atoms with E-state index in [9.17, 15) is 0 Å². The molecule has 1 radical (unpaired) electrons. The molecule has 0 N–H and O–H groups in total. The maximum absolute atomic E-state index is 2.29. The molecule has 0 unspecified atom stereocenters. The minimum absolute atomic E-state index is 0. The molecular formula is C32H50V. The van der Waals surface area contributed by atoms with Crippen LogP contribution in [-0.4, -0.2) is 0 Å². The summed E-state index contributed by atoms with van der Waals surface area (Å²) in [4.78, 5) is 0. The van der Waals surface area contributed by atoms with Gasteiger partial charge in [0.25, 0.3) is 0 Å². The molecule has 0 atom stereocenters. The van der Waals surface area contributed by atoms with Gasteiger partial charge in [0.15, 0.2) is 0 Å². The second-order valence-electron chi connectivity index (χ2n) is 7.38. The molecule has 0 spiro atoms. The molecule has 3 aromatic carbocycles. The molecule has 3 aromatic rings. The summed E-state index contributed by atoms with van der Waals surface area (Å²) in [5.41, 5.74) is 4.58. The van der Waals surface area contributed by atoms with E-state index in [-0.39, 0.29) is 31.4 Å². The maximum Gasteiger partial charge on any atom is 0.0202 e. The molecule has 1 aliphatic rings. The van der Waals surface area contributed by atoms with Crippen LogP contribution in [0.15, 0.2) is 91.0 Å². The average molecular weight is 486 g/mol. The Labute approximate surface area is 219 Å². The molecule has 0 aromatic heterocycles. The normalized spacial score (nSPS) is 12.1. The van der Waals surface area contributed by atoms with Gasteiger partial charge in [-0.05, 0) is 30.9 Å². The molecule has 0 aliphatic heterocycles. The zero-order chi connectivity index (χ0) is 23.4. The summed E-state index contributed by atoms with van der Waals surface area (Å²) in [6, 6.07) is 32.3. The van der Waals surface area contributed by atoms with E-state index in [1.54, 1.807) is 0 Å². The van der Waals surface area contributed by atoms with E-state index in [0.29, 0.717) is 0 Å². The van der Waals surface area contributed by atoms with Crippen LogP contribution in [0.1, 0.15) is 97.8 Å². The van der Waals surface area contributed by atoms with E-state index < -0.39 is 0 Å². The molecule has 0 nitrogen and oxygen atoms in total. The van der Waals surface area contributed by atoms with Gasteiger partial charge in [0, 0.05) is 24.0 Å². The van der Waals surface area contributed by atoms with Gasteiger partial charge >= 0.3 is 0 Å². The van der Waals surface area contributed by atoms with E-state index in [0.717, 1.165) is 0 Å². The van der Waals surface area contributed by atoms with E-state index in [4.69, 9.17) is 0 Å². The van der Waals surface area contributed by atoms with Gasteiger partial charge in [-0.1, -0.05) is 165 Å². The first-order valence-electron chi connectivity index (χ1n) is 12.4. The van der Waals surface area contributed by atoms with Crippen LogP contribution in [0.25, 0.3) is 0 Å². The SMILES string of the molecule is C.CC.CC.CCC.Cc1ccccc1.[V].c1ccc(C2(c3ccccc3)CCCC2)cc1. The zero-order valence-corrected chi connectivity index (χ0v) is 23.0. The fourth-order valence-corrected chi connectivity index (χ4v) is 3.77. The Morgan fingerprint density at radius 2 is 0.848 bits per heavy atom. The number of aryl methyl sites for hydroxylation is 1. The van der Waals surface area contributed by atoms with Crippen LogP contribution in [0.2, 0.25) is 0 Å². The molecule has 1 saturated carbocycles. The minimum Gasteiger partial charge on any atom is -0.0776 e. The van der Waals surface area contributed by atoms with Gasteiger partial charge in [-0.15, -0.1) is 0 Å². The molecule has 0 amide bonds. The molecular weight excluding hydrogens is 435 g/mol. The first-order chi connectivity index (χ1) is 15.2. The van der Waals surface area contributed by atoms with Gasteiger partial charge in [0.05, 0.1) is 0 Å². The third-order valence-electron chi connectivity index (χ3n) is 5.05. The predicted octanol–water partition coefficient (Wildman–Crippen LogP) is 10.6. The topological polar surface area (TPSA) is 0 Å². The molecule has 183 valence electrons. The fraction of sp³-hybridized carbons (Fsp3) is 0.438. The van der Waals surface area contributed by atoms with Gasteiger partial charge in [-0.2, -0.15) is 0 Å². The second-order valence-corrected chi connectivity index (χ2v) is 7.38. The Hall–Kier alpha value is -1.76. The Morgan fingerprint density at radius 1 is 0.576 bits per heavy atom. The molecule has 0 bridgehead atoms. The number of benzene rings is 3. The van der Waals surface area contributed by atoms with Crippen LogP contribution < -0.4 is 0 Å². The molecule has 0 heterocycles. The summed E-state index contributed by atoms with van der Waals surface area (Å²) < 4.78 is 0. The minimum atomic E-state index is 0. The van der Waals surface area contributed by atoms with Crippen LogP contribution in [0.3, 0.4) is 0 Å². The van der Waals surface area contributed by atoms with Crippen LogP contribution in [0.4, 0.5) is 0 Å². The Kier molecular flexibility index (Phi) is 25.4. The van der Waals surface area contributed by atoms with Crippen molar-refractivity contribution in [2.24, 2.45) is 0 Å². The number of hydrogen-bond donors (Lipinski definition) is 0. The van der Waals surface area contributed by atoms with Gasteiger partial charge in [0.1, 0.15) is 0 Å².